The van der Waals surface area contributed by atoms with Crippen LogP contribution in [0.5, 0.6) is 0 Å². The molecule has 0 spiro atoms. The Morgan fingerprint density at radius 2 is 2.00 bits per heavy atom. The van der Waals surface area contributed by atoms with E-state index in [0.29, 0.717) is 28.4 Å². The van der Waals surface area contributed by atoms with Gasteiger partial charge in [0.15, 0.2) is 5.58 Å². The van der Waals surface area contributed by atoms with Gasteiger partial charge in [-0.2, -0.15) is 0 Å². The van der Waals surface area contributed by atoms with Gasteiger partial charge in [0, 0.05) is 30.9 Å². The fourth-order valence-electron chi connectivity index (χ4n) is 3.57. The van der Waals surface area contributed by atoms with Gasteiger partial charge in [-0.05, 0) is 43.0 Å². The number of non-ortho nitro benzene ring substituents is 1. The first-order valence-corrected chi connectivity index (χ1v) is 9.38. The molecule has 29 heavy (non-hydrogen) atoms. The molecule has 3 aromatic rings. The number of rotatable bonds is 4. The van der Waals surface area contributed by atoms with Crippen LogP contribution in [-0.4, -0.2) is 28.9 Å². The number of nitrogens with zero attached hydrogens (tertiary/aromatic N) is 2. The van der Waals surface area contributed by atoms with E-state index in [-0.39, 0.29) is 11.3 Å². The molecule has 1 aromatic heterocycles. The van der Waals surface area contributed by atoms with Gasteiger partial charge in [-0.1, -0.05) is 6.92 Å². The average molecular weight is 396 g/mol. The molecule has 1 saturated heterocycles. The number of nitro groups is 1. The highest BCUT2D eigenvalue weighted by atomic mass is 16.6. The van der Waals surface area contributed by atoms with Gasteiger partial charge in [0.25, 0.3) is 11.6 Å². The Morgan fingerprint density at radius 3 is 2.72 bits per heavy atom. The Hall–Kier alpha value is -3.62. The number of nitrogens with one attached hydrogen (secondary N) is 2. The summed E-state index contributed by atoms with van der Waals surface area (Å²) in [5, 5.41) is 14.0. The number of benzene rings is 2. The van der Waals surface area contributed by atoms with E-state index in [1.54, 1.807) is 24.3 Å². The highest BCUT2D eigenvalue weighted by Crippen LogP contribution is 2.30. The van der Waals surface area contributed by atoms with E-state index < -0.39 is 16.6 Å². The molecule has 1 amide bonds. The van der Waals surface area contributed by atoms with Crippen LogP contribution in [0.25, 0.3) is 11.1 Å². The lowest BCUT2D eigenvalue weighted by atomic mass is 9.98. The van der Waals surface area contributed by atoms with E-state index in [9.17, 15) is 19.7 Å². The van der Waals surface area contributed by atoms with Gasteiger partial charge in [0.1, 0.15) is 0 Å². The van der Waals surface area contributed by atoms with E-state index in [4.69, 9.17) is 4.42 Å². The summed E-state index contributed by atoms with van der Waals surface area (Å²) in [6.45, 7) is 3.78. The summed E-state index contributed by atoms with van der Waals surface area (Å²) in [6, 6.07) is 9.13. The molecule has 1 aliphatic rings. The Bertz CT molecular complexity index is 1140. The number of amides is 1. The molecule has 9 heteroatoms. The van der Waals surface area contributed by atoms with Crippen LogP contribution in [0.15, 0.2) is 45.6 Å². The van der Waals surface area contributed by atoms with Crippen molar-refractivity contribution in [1.29, 1.82) is 0 Å². The van der Waals surface area contributed by atoms with Crippen LogP contribution in [-0.2, 0) is 0 Å². The van der Waals surface area contributed by atoms with Crippen molar-refractivity contribution in [2.75, 3.05) is 23.3 Å². The normalized spacial score (nSPS) is 14.9. The van der Waals surface area contributed by atoms with Gasteiger partial charge in [-0.25, -0.2) is 4.79 Å². The molecule has 150 valence electrons. The lowest BCUT2D eigenvalue weighted by Crippen LogP contribution is -2.34. The number of nitro benzene ring substituents is 1. The number of hydrogen-bond donors (Lipinski definition) is 2. The number of carbonyl (C=O) groups is 1. The summed E-state index contributed by atoms with van der Waals surface area (Å²) >= 11 is 0. The van der Waals surface area contributed by atoms with Crippen molar-refractivity contribution in [2.24, 2.45) is 5.92 Å². The molecule has 2 heterocycles. The van der Waals surface area contributed by atoms with Crippen LogP contribution in [0.3, 0.4) is 0 Å². The van der Waals surface area contributed by atoms with E-state index in [1.807, 2.05) is 0 Å². The molecular formula is C20H20N4O5. The van der Waals surface area contributed by atoms with E-state index >= 15 is 0 Å². The maximum absolute atomic E-state index is 13.0. The van der Waals surface area contributed by atoms with Crippen molar-refractivity contribution >= 4 is 34.1 Å². The predicted octanol–water partition coefficient (Wildman–Crippen LogP) is 3.52. The predicted molar refractivity (Wildman–Crippen MR) is 108 cm³/mol. The van der Waals surface area contributed by atoms with Gasteiger partial charge in [0.2, 0.25) is 0 Å². The third-order valence-electron chi connectivity index (χ3n) is 5.24. The molecular weight excluding hydrogens is 376 g/mol. The molecule has 1 fully saturated rings. The number of aromatic amines is 1. The number of fused-ring (bicyclic) bond motifs is 1. The van der Waals surface area contributed by atoms with E-state index in [2.05, 4.69) is 22.1 Å². The number of carbonyl (C=O) groups excluding carboxylic acids is 1. The van der Waals surface area contributed by atoms with Crippen molar-refractivity contribution in [1.82, 2.24) is 4.98 Å². The molecule has 2 N–H and O–H groups in total. The first-order valence-electron chi connectivity index (χ1n) is 9.38. The second-order valence-electron chi connectivity index (χ2n) is 7.31. The maximum atomic E-state index is 13.0. The van der Waals surface area contributed by atoms with Crippen molar-refractivity contribution in [3.05, 3.63) is 62.6 Å². The van der Waals surface area contributed by atoms with Crippen LogP contribution < -0.4 is 16.0 Å². The fourth-order valence-corrected chi connectivity index (χ4v) is 3.57. The SMILES string of the molecule is CC1CCN(c2ccc([N+](=O)[O-])cc2C(=O)Nc2ccc3oc(=O)[nH]c3c2)CC1. The monoisotopic (exact) mass is 396 g/mol. The molecule has 9 nitrogen and oxygen atoms in total. The zero-order valence-corrected chi connectivity index (χ0v) is 15.8. The Morgan fingerprint density at radius 1 is 1.24 bits per heavy atom. The zero-order chi connectivity index (χ0) is 20.5. The van der Waals surface area contributed by atoms with E-state index in [1.165, 1.54) is 12.1 Å². The quantitative estimate of drug-likeness (QED) is 0.514. The van der Waals surface area contributed by atoms with Crippen LogP contribution >= 0.6 is 0 Å². The fraction of sp³-hybridized carbons (Fsp3) is 0.300. The molecule has 2 aromatic carbocycles. The minimum absolute atomic E-state index is 0.140. The third kappa shape index (κ3) is 3.84. The Labute approximate surface area is 165 Å². The van der Waals surface area contributed by atoms with Gasteiger partial charge in [-0.3, -0.25) is 19.9 Å². The number of oxazole rings is 1. The average Bonchev–Trinajstić information content (AvgIpc) is 3.07. The highest BCUT2D eigenvalue weighted by Gasteiger charge is 2.23. The maximum Gasteiger partial charge on any atom is 0.417 e. The Kier molecular flexibility index (Phi) is 4.79. The lowest BCUT2D eigenvalue weighted by Gasteiger charge is -2.33. The summed E-state index contributed by atoms with van der Waals surface area (Å²) in [5.74, 6) is -0.415. The highest BCUT2D eigenvalue weighted by molar-refractivity contribution is 6.09. The van der Waals surface area contributed by atoms with Crippen molar-refractivity contribution < 1.29 is 14.1 Å². The van der Waals surface area contributed by atoms with Crippen LogP contribution in [0.2, 0.25) is 0 Å². The summed E-state index contributed by atoms with van der Waals surface area (Å²) in [4.78, 5) is 39.7. The summed E-state index contributed by atoms with van der Waals surface area (Å²) in [7, 11) is 0. The number of H-pyrrole nitrogens is 1. The van der Waals surface area contributed by atoms with Gasteiger partial charge < -0.3 is 14.6 Å². The molecule has 1 aliphatic heterocycles. The molecule has 0 aliphatic carbocycles. The number of piperidine rings is 1. The van der Waals surface area contributed by atoms with Gasteiger partial charge in [0.05, 0.1) is 21.7 Å². The topological polar surface area (TPSA) is 121 Å². The first kappa shape index (κ1) is 18.7. The minimum Gasteiger partial charge on any atom is -0.408 e. The second kappa shape index (κ2) is 7.42. The second-order valence-corrected chi connectivity index (χ2v) is 7.31. The van der Waals surface area contributed by atoms with Crippen LogP contribution in [0.4, 0.5) is 17.1 Å². The van der Waals surface area contributed by atoms with Crippen molar-refractivity contribution in [3.63, 3.8) is 0 Å². The molecule has 0 bridgehead atoms. The first-order chi connectivity index (χ1) is 13.9. The number of anilines is 2. The lowest BCUT2D eigenvalue weighted by molar-refractivity contribution is -0.384. The third-order valence-corrected chi connectivity index (χ3v) is 5.24. The Balaban J connectivity index is 1.66. The largest absolute Gasteiger partial charge is 0.417 e. The standard InChI is InChI=1S/C20H20N4O5/c1-12-6-8-23(9-7-12)17-4-3-14(24(27)28)11-15(17)19(25)21-13-2-5-18-16(10-13)22-20(26)29-18/h2-5,10-12H,6-9H2,1H3,(H,21,25)(H,22,26). The smallest absolute Gasteiger partial charge is 0.408 e. The van der Waals surface area contributed by atoms with E-state index in [0.717, 1.165) is 25.9 Å². The summed E-state index contributed by atoms with van der Waals surface area (Å²) in [6.07, 6.45) is 2.01. The van der Waals surface area contributed by atoms with Gasteiger partial charge >= 0.3 is 5.76 Å². The number of aromatic nitrogens is 1. The molecule has 4 rings (SSSR count). The van der Waals surface area contributed by atoms with Crippen LogP contribution in [0, 0.1) is 16.0 Å². The summed E-state index contributed by atoms with van der Waals surface area (Å²) < 4.78 is 4.96. The van der Waals surface area contributed by atoms with Crippen LogP contribution in [0.1, 0.15) is 30.1 Å². The molecule has 0 radical (unpaired) electrons. The summed E-state index contributed by atoms with van der Waals surface area (Å²) in [5.41, 5.74) is 2.07. The molecule has 0 saturated carbocycles. The zero-order valence-electron chi connectivity index (χ0n) is 15.8. The van der Waals surface area contributed by atoms with Crippen molar-refractivity contribution in [3.8, 4) is 0 Å². The molecule has 0 unspecified atom stereocenters. The minimum atomic E-state index is -0.580. The number of hydrogen-bond acceptors (Lipinski definition) is 6. The molecule has 0 atom stereocenters. The van der Waals surface area contributed by atoms with Gasteiger partial charge in [-0.15, -0.1) is 0 Å². The van der Waals surface area contributed by atoms with Crippen molar-refractivity contribution in [2.45, 2.75) is 19.8 Å².